The minimum absolute atomic E-state index is 0.276. The van der Waals surface area contributed by atoms with E-state index in [2.05, 4.69) is 0 Å². The Morgan fingerprint density at radius 3 is 2.19 bits per heavy atom. The lowest BCUT2D eigenvalue weighted by atomic mass is 9.91. The summed E-state index contributed by atoms with van der Waals surface area (Å²) in [4.78, 5) is 0. The van der Waals surface area contributed by atoms with Crippen molar-refractivity contribution in [1.29, 1.82) is 0 Å². The zero-order chi connectivity index (χ0) is 11.6. The van der Waals surface area contributed by atoms with Crippen LogP contribution in [0.25, 0.3) is 10.8 Å². The number of aliphatic hydroxyl groups excluding tert-OH is 2. The molecule has 0 unspecified atom stereocenters. The molecule has 0 amide bonds. The highest BCUT2D eigenvalue weighted by molar-refractivity contribution is 5.83. The van der Waals surface area contributed by atoms with E-state index in [1.165, 1.54) is 0 Å². The molecule has 4 N–H and O–H groups in total. The van der Waals surface area contributed by atoms with Crippen molar-refractivity contribution in [2.45, 2.75) is 5.54 Å². The second-order valence-electron chi connectivity index (χ2n) is 4.03. The van der Waals surface area contributed by atoms with Gasteiger partial charge in [-0.1, -0.05) is 36.4 Å². The van der Waals surface area contributed by atoms with Crippen LogP contribution in [0.2, 0.25) is 0 Å². The van der Waals surface area contributed by atoms with E-state index in [1.807, 2.05) is 42.5 Å². The van der Waals surface area contributed by atoms with Crippen molar-refractivity contribution in [1.82, 2.24) is 0 Å². The zero-order valence-electron chi connectivity index (χ0n) is 8.93. The van der Waals surface area contributed by atoms with Crippen molar-refractivity contribution in [3.05, 3.63) is 48.0 Å². The van der Waals surface area contributed by atoms with Crippen LogP contribution in [0.5, 0.6) is 0 Å². The van der Waals surface area contributed by atoms with Crippen molar-refractivity contribution in [3.63, 3.8) is 0 Å². The average Bonchev–Trinajstić information content (AvgIpc) is 2.37. The molecule has 16 heavy (non-hydrogen) atoms. The fraction of sp³-hybridized carbons (Fsp3) is 0.231. The molecule has 0 atom stereocenters. The summed E-state index contributed by atoms with van der Waals surface area (Å²) >= 11 is 0. The molecule has 2 aromatic carbocycles. The Morgan fingerprint density at radius 1 is 0.938 bits per heavy atom. The lowest BCUT2D eigenvalue weighted by Crippen LogP contribution is -2.44. The van der Waals surface area contributed by atoms with Crippen molar-refractivity contribution < 1.29 is 10.2 Å². The van der Waals surface area contributed by atoms with Crippen molar-refractivity contribution in [2.24, 2.45) is 5.73 Å². The second kappa shape index (κ2) is 4.22. The summed E-state index contributed by atoms with van der Waals surface area (Å²) in [6.45, 7) is -0.552. The molecule has 0 bridgehead atoms. The summed E-state index contributed by atoms with van der Waals surface area (Å²) in [6.07, 6.45) is 0. The summed E-state index contributed by atoms with van der Waals surface area (Å²) < 4.78 is 0. The summed E-state index contributed by atoms with van der Waals surface area (Å²) in [6, 6.07) is 13.6. The highest BCUT2D eigenvalue weighted by Gasteiger charge is 2.25. The maximum absolute atomic E-state index is 9.23. The molecule has 84 valence electrons. The van der Waals surface area contributed by atoms with Gasteiger partial charge in [-0.25, -0.2) is 0 Å². The molecular weight excluding hydrogens is 202 g/mol. The van der Waals surface area contributed by atoms with Gasteiger partial charge in [-0.3, -0.25) is 0 Å². The lowest BCUT2D eigenvalue weighted by Gasteiger charge is -2.25. The largest absolute Gasteiger partial charge is 0.394 e. The first-order valence-corrected chi connectivity index (χ1v) is 5.19. The number of hydrogen-bond acceptors (Lipinski definition) is 3. The van der Waals surface area contributed by atoms with Crippen molar-refractivity contribution in [2.75, 3.05) is 13.2 Å². The third-order valence-corrected chi connectivity index (χ3v) is 2.89. The molecule has 3 heteroatoms. The predicted molar refractivity (Wildman–Crippen MR) is 64.0 cm³/mol. The molecule has 0 saturated carbocycles. The van der Waals surface area contributed by atoms with Gasteiger partial charge in [0.15, 0.2) is 0 Å². The standard InChI is InChI=1S/C13H15NO2/c14-13(8-15,9-16)12-6-5-10-3-1-2-4-11(10)7-12/h1-7,15-16H,8-9,14H2. The van der Waals surface area contributed by atoms with Crippen molar-refractivity contribution in [3.8, 4) is 0 Å². The van der Waals surface area contributed by atoms with Crippen LogP contribution in [0, 0.1) is 0 Å². The molecule has 0 aliphatic heterocycles. The SMILES string of the molecule is NC(CO)(CO)c1ccc2ccccc2c1. The first kappa shape index (κ1) is 11.1. The highest BCUT2D eigenvalue weighted by Crippen LogP contribution is 2.22. The van der Waals surface area contributed by atoms with Crippen LogP contribution in [0.3, 0.4) is 0 Å². The smallest absolute Gasteiger partial charge is 0.0878 e. The number of hydrogen-bond donors (Lipinski definition) is 3. The maximum atomic E-state index is 9.23. The second-order valence-corrected chi connectivity index (χ2v) is 4.03. The van der Waals surface area contributed by atoms with Crippen LogP contribution in [0.15, 0.2) is 42.5 Å². The minimum Gasteiger partial charge on any atom is -0.394 e. The quantitative estimate of drug-likeness (QED) is 0.718. The molecule has 0 aliphatic rings. The van der Waals surface area contributed by atoms with Crippen LogP contribution in [-0.2, 0) is 5.54 Å². The third-order valence-electron chi connectivity index (χ3n) is 2.89. The molecule has 0 saturated heterocycles. The first-order chi connectivity index (χ1) is 7.69. The van der Waals surface area contributed by atoms with E-state index in [0.717, 1.165) is 16.3 Å². The molecular formula is C13H15NO2. The van der Waals surface area contributed by atoms with Gasteiger partial charge < -0.3 is 15.9 Å². The van der Waals surface area contributed by atoms with E-state index >= 15 is 0 Å². The van der Waals surface area contributed by atoms with Gasteiger partial charge in [-0.15, -0.1) is 0 Å². The van der Waals surface area contributed by atoms with E-state index < -0.39 is 5.54 Å². The number of fused-ring (bicyclic) bond motifs is 1. The number of nitrogens with two attached hydrogens (primary N) is 1. The van der Waals surface area contributed by atoms with Crippen LogP contribution >= 0.6 is 0 Å². The van der Waals surface area contributed by atoms with Crippen LogP contribution in [0.4, 0.5) is 0 Å². The van der Waals surface area contributed by atoms with E-state index in [4.69, 9.17) is 5.73 Å². The van der Waals surface area contributed by atoms with Gasteiger partial charge in [0.05, 0.1) is 18.8 Å². The molecule has 0 radical (unpaired) electrons. The molecule has 2 rings (SSSR count). The van der Waals surface area contributed by atoms with Crippen LogP contribution < -0.4 is 5.73 Å². The Kier molecular flexibility index (Phi) is 2.92. The molecule has 3 nitrogen and oxygen atoms in total. The molecule has 0 spiro atoms. The Morgan fingerprint density at radius 2 is 1.56 bits per heavy atom. The van der Waals surface area contributed by atoms with Crippen molar-refractivity contribution >= 4 is 10.8 Å². The average molecular weight is 217 g/mol. The Balaban J connectivity index is 2.54. The Hall–Kier alpha value is -1.42. The number of benzene rings is 2. The van der Waals surface area contributed by atoms with Crippen LogP contribution in [0.1, 0.15) is 5.56 Å². The van der Waals surface area contributed by atoms with E-state index in [-0.39, 0.29) is 13.2 Å². The Bertz CT molecular complexity index is 492. The summed E-state index contributed by atoms with van der Waals surface area (Å²) in [5, 5.41) is 20.6. The van der Waals surface area contributed by atoms with Gasteiger partial charge in [0.2, 0.25) is 0 Å². The molecule has 2 aromatic rings. The monoisotopic (exact) mass is 217 g/mol. The molecule has 0 fully saturated rings. The van der Waals surface area contributed by atoms with Gasteiger partial charge in [0, 0.05) is 0 Å². The van der Waals surface area contributed by atoms with Gasteiger partial charge in [-0.05, 0) is 22.4 Å². The molecule has 0 aliphatic carbocycles. The van der Waals surface area contributed by atoms with Gasteiger partial charge in [0.25, 0.3) is 0 Å². The third kappa shape index (κ3) is 1.80. The normalized spacial score (nSPS) is 11.9. The lowest BCUT2D eigenvalue weighted by molar-refractivity contribution is 0.121. The van der Waals surface area contributed by atoms with Gasteiger partial charge in [0.1, 0.15) is 0 Å². The summed E-state index contributed by atoms with van der Waals surface area (Å²) in [5.41, 5.74) is 5.59. The fourth-order valence-corrected chi connectivity index (χ4v) is 1.73. The predicted octanol–water partition coefficient (Wildman–Crippen LogP) is 0.978. The van der Waals surface area contributed by atoms with Gasteiger partial charge in [-0.2, -0.15) is 0 Å². The van der Waals surface area contributed by atoms with E-state index in [0.29, 0.717) is 0 Å². The Labute approximate surface area is 94.1 Å². The summed E-state index contributed by atoms with van der Waals surface area (Å²) in [7, 11) is 0. The molecule has 0 aromatic heterocycles. The van der Waals surface area contributed by atoms with E-state index in [1.54, 1.807) is 0 Å². The minimum atomic E-state index is -1.07. The van der Waals surface area contributed by atoms with E-state index in [9.17, 15) is 10.2 Å². The number of aliphatic hydroxyl groups is 2. The summed E-state index contributed by atoms with van der Waals surface area (Å²) in [5.74, 6) is 0. The fourth-order valence-electron chi connectivity index (χ4n) is 1.73. The zero-order valence-corrected chi connectivity index (χ0v) is 8.93. The first-order valence-electron chi connectivity index (χ1n) is 5.19. The topological polar surface area (TPSA) is 66.5 Å². The highest BCUT2D eigenvalue weighted by atomic mass is 16.3. The molecule has 0 heterocycles. The van der Waals surface area contributed by atoms with Gasteiger partial charge >= 0.3 is 0 Å². The maximum Gasteiger partial charge on any atom is 0.0878 e. The van der Waals surface area contributed by atoms with Crippen LogP contribution in [-0.4, -0.2) is 23.4 Å². The number of rotatable bonds is 3.